The van der Waals surface area contributed by atoms with Gasteiger partial charge in [0.25, 0.3) is 0 Å². The summed E-state index contributed by atoms with van der Waals surface area (Å²) < 4.78 is 0. The van der Waals surface area contributed by atoms with Crippen LogP contribution in [0.2, 0.25) is 0 Å². The third-order valence-electron chi connectivity index (χ3n) is 5.12. The van der Waals surface area contributed by atoms with Gasteiger partial charge in [0.15, 0.2) is 0 Å². The maximum absolute atomic E-state index is 8.92. The third kappa shape index (κ3) is 3.55. The van der Waals surface area contributed by atoms with Crippen LogP contribution in [-0.4, -0.2) is 21.7 Å². The van der Waals surface area contributed by atoms with Crippen LogP contribution in [0, 0.1) is 0 Å². The normalized spacial score (nSPS) is 13.2. The second-order valence-corrected chi connectivity index (χ2v) is 6.72. The zero-order valence-corrected chi connectivity index (χ0v) is 15.0. The fourth-order valence-electron chi connectivity index (χ4n) is 3.69. The van der Waals surface area contributed by atoms with Crippen molar-refractivity contribution in [1.82, 2.24) is 15.4 Å². The first kappa shape index (κ1) is 17.2. The topological polar surface area (TPSA) is 70.1 Å². The summed E-state index contributed by atoms with van der Waals surface area (Å²) in [5, 5.41) is 12.3. The zero-order valence-electron chi connectivity index (χ0n) is 15.0. The molecular formula is C22H22N4O. The minimum Gasteiger partial charge on any atom is -0.353 e. The average molecular weight is 358 g/mol. The monoisotopic (exact) mass is 358 g/mol. The molecule has 0 saturated heterocycles. The van der Waals surface area contributed by atoms with Crippen LogP contribution in [0.3, 0.4) is 0 Å². The van der Waals surface area contributed by atoms with Crippen molar-refractivity contribution in [3.63, 3.8) is 0 Å². The van der Waals surface area contributed by atoms with Crippen molar-refractivity contribution in [3.05, 3.63) is 95.3 Å². The number of hydrogen-bond acceptors (Lipinski definition) is 5. The van der Waals surface area contributed by atoms with Crippen molar-refractivity contribution >= 4 is 11.6 Å². The van der Waals surface area contributed by atoms with Crippen molar-refractivity contribution in [2.45, 2.75) is 18.8 Å². The average Bonchev–Trinajstić information content (AvgIpc) is 2.89. The molecule has 136 valence electrons. The number of nitrogens with zero attached hydrogens (tertiary/aromatic N) is 2. The van der Waals surface area contributed by atoms with Gasteiger partial charge in [-0.3, -0.25) is 10.7 Å². The van der Waals surface area contributed by atoms with Crippen molar-refractivity contribution in [2.24, 2.45) is 0 Å². The minimum absolute atomic E-state index is 0.247. The highest BCUT2D eigenvalue weighted by Gasteiger charge is 2.23. The Kier molecular flexibility index (Phi) is 4.85. The van der Waals surface area contributed by atoms with Crippen LogP contribution < -0.4 is 10.8 Å². The summed E-state index contributed by atoms with van der Waals surface area (Å²) in [6.07, 6.45) is 5.39. The maximum Gasteiger partial charge on any atom is 0.222 e. The summed E-state index contributed by atoms with van der Waals surface area (Å²) in [5.74, 6) is 0.806. The molecule has 0 atom stereocenters. The molecule has 5 heteroatoms. The third-order valence-corrected chi connectivity index (χ3v) is 5.12. The van der Waals surface area contributed by atoms with E-state index in [1.54, 1.807) is 12.4 Å². The molecule has 1 aliphatic rings. The molecule has 0 spiro atoms. The van der Waals surface area contributed by atoms with E-state index in [4.69, 9.17) is 5.21 Å². The lowest BCUT2D eigenvalue weighted by Gasteiger charge is -2.21. The van der Waals surface area contributed by atoms with Gasteiger partial charge in [0.2, 0.25) is 5.95 Å². The molecule has 3 aromatic rings. The second-order valence-electron chi connectivity index (χ2n) is 6.72. The van der Waals surface area contributed by atoms with Crippen LogP contribution in [0.15, 0.2) is 67.5 Å². The van der Waals surface area contributed by atoms with Gasteiger partial charge in [-0.05, 0) is 35.1 Å². The SMILES string of the molecule is C=C(NO)c1cnc(NCC2c3ccccc3CCc3ccccc32)nc1. The van der Waals surface area contributed by atoms with Crippen LogP contribution >= 0.6 is 0 Å². The number of aryl methyl sites for hydroxylation is 2. The molecular weight excluding hydrogens is 336 g/mol. The van der Waals surface area contributed by atoms with E-state index in [0.29, 0.717) is 23.8 Å². The Hall–Kier alpha value is -3.18. The first-order valence-corrected chi connectivity index (χ1v) is 9.07. The highest BCUT2D eigenvalue weighted by atomic mass is 16.5. The molecule has 0 radical (unpaired) electrons. The number of aromatic nitrogens is 2. The number of rotatable bonds is 5. The summed E-state index contributed by atoms with van der Waals surface area (Å²) in [5.41, 5.74) is 8.57. The zero-order chi connectivity index (χ0) is 18.6. The Bertz CT molecular complexity index is 905. The predicted octanol–water partition coefficient (Wildman–Crippen LogP) is 3.77. The molecule has 0 bridgehead atoms. The Morgan fingerprint density at radius 2 is 1.52 bits per heavy atom. The van der Waals surface area contributed by atoms with E-state index >= 15 is 0 Å². The van der Waals surface area contributed by atoms with Gasteiger partial charge in [0, 0.05) is 30.4 Å². The van der Waals surface area contributed by atoms with Gasteiger partial charge in [-0.2, -0.15) is 0 Å². The molecule has 0 amide bonds. The van der Waals surface area contributed by atoms with Crippen LogP contribution in [0.4, 0.5) is 5.95 Å². The van der Waals surface area contributed by atoms with E-state index in [1.807, 2.05) is 5.48 Å². The van der Waals surface area contributed by atoms with Crippen LogP contribution in [0.1, 0.15) is 33.7 Å². The largest absolute Gasteiger partial charge is 0.353 e. The molecule has 0 fully saturated rings. The lowest BCUT2D eigenvalue weighted by Crippen LogP contribution is -2.17. The first-order valence-electron chi connectivity index (χ1n) is 9.07. The molecule has 27 heavy (non-hydrogen) atoms. The molecule has 4 rings (SSSR count). The quantitative estimate of drug-likeness (QED) is 0.606. The standard InChI is InChI=1S/C22H22N4O/c1-15(26-27)18-12-23-22(24-13-18)25-14-21-19-8-4-2-6-16(19)10-11-17-7-3-5-9-20(17)21/h2-9,12-13,21,26-27H,1,10-11,14H2,(H,23,24,25). The summed E-state index contributed by atoms with van der Waals surface area (Å²) in [6, 6.07) is 17.4. The predicted molar refractivity (Wildman–Crippen MR) is 107 cm³/mol. The number of benzene rings is 2. The molecule has 0 aliphatic heterocycles. The van der Waals surface area contributed by atoms with E-state index in [-0.39, 0.29) is 5.92 Å². The van der Waals surface area contributed by atoms with Gasteiger partial charge in [-0.25, -0.2) is 9.97 Å². The molecule has 3 N–H and O–H groups in total. The molecule has 1 aliphatic carbocycles. The number of anilines is 1. The van der Waals surface area contributed by atoms with Gasteiger partial charge in [-0.15, -0.1) is 0 Å². The highest BCUT2D eigenvalue weighted by Crippen LogP contribution is 2.34. The van der Waals surface area contributed by atoms with Gasteiger partial charge in [0.1, 0.15) is 0 Å². The lowest BCUT2D eigenvalue weighted by molar-refractivity contribution is 0.225. The van der Waals surface area contributed by atoms with Gasteiger partial charge in [-0.1, -0.05) is 55.1 Å². The number of nitrogens with one attached hydrogen (secondary N) is 2. The van der Waals surface area contributed by atoms with E-state index in [9.17, 15) is 0 Å². The van der Waals surface area contributed by atoms with Crippen LogP contribution in [-0.2, 0) is 12.8 Å². The number of fused-ring (bicyclic) bond motifs is 2. The summed E-state index contributed by atoms with van der Waals surface area (Å²) in [4.78, 5) is 8.67. The molecule has 0 unspecified atom stereocenters. The molecule has 2 aromatic carbocycles. The molecule has 1 aromatic heterocycles. The van der Waals surface area contributed by atoms with E-state index in [0.717, 1.165) is 12.8 Å². The Labute approximate surface area is 158 Å². The first-order chi connectivity index (χ1) is 13.3. The molecule has 5 nitrogen and oxygen atoms in total. The van der Waals surface area contributed by atoms with Crippen molar-refractivity contribution in [3.8, 4) is 0 Å². The second kappa shape index (κ2) is 7.60. The van der Waals surface area contributed by atoms with E-state index < -0.39 is 0 Å². The van der Waals surface area contributed by atoms with Crippen molar-refractivity contribution in [1.29, 1.82) is 0 Å². The number of hydrogen-bond donors (Lipinski definition) is 3. The number of hydroxylamine groups is 1. The molecule has 1 heterocycles. The minimum atomic E-state index is 0.247. The maximum atomic E-state index is 8.92. The smallest absolute Gasteiger partial charge is 0.222 e. The summed E-state index contributed by atoms with van der Waals surface area (Å²) >= 11 is 0. The van der Waals surface area contributed by atoms with Gasteiger partial charge < -0.3 is 5.32 Å². The van der Waals surface area contributed by atoms with Crippen LogP contribution in [0.25, 0.3) is 5.70 Å². The fourth-order valence-corrected chi connectivity index (χ4v) is 3.69. The molecule has 0 saturated carbocycles. The highest BCUT2D eigenvalue weighted by molar-refractivity contribution is 5.59. The van der Waals surface area contributed by atoms with Crippen LogP contribution in [0.5, 0.6) is 0 Å². The Morgan fingerprint density at radius 1 is 0.963 bits per heavy atom. The summed E-state index contributed by atoms with van der Waals surface area (Å²) in [7, 11) is 0. The van der Waals surface area contributed by atoms with E-state index in [1.165, 1.54) is 22.3 Å². The van der Waals surface area contributed by atoms with Crippen molar-refractivity contribution < 1.29 is 5.21 Å². The Balaban J connectivity index is 1.60. The summed E-state index contributed by atoms with van der Waals surface area (Å²) in [6.45, 7) is 4.41. The van der Waals surface area contributed by atoms with Crippen molar-refractivity contribution in [2.75, 3.05) is 11.9 Å². The van der Waals surface area contributed by atoms with E-state index in [2.05, 4.69) is 70.4 Å². The van der Waals surface area contributed by atoms with Gasteiger partial charge in [0.05, 0.1) is 5.70 Å². The Morgan fingerprint density at radius 3 is 2.07 bits per heavy atom. The van der Waals surface area contributed by atoms with Gasteiger partial charge >= 0.3 is 0 Å². The fraction of sp³-hybridized carbons (Fsp3) is 0.182. The lowest BCUT2D eigenvalue weighted by atomic mass is 9.88.